The molecule has 0 unspecified atom stereocenters. The summed E-state index contributed by atoms with van der Waals surface area (Å²) < 4.78 is 4.62. The summed E-state index contributed by atoms with van der Waals surface area (Å²) in [7, 11) is 1.25. The molecule has 0 bridgehead atoms. The summed E-state index contributed by atoms with van der Waals surface area (Å²) in [5.41, 5.74) is 0. The number of carbonyl (C=O) groups is 4. The van der Waals surface area contributed by atoms with Crippen molar-refractivity contribution in [2.24, 2.45) is 0 Å². The van der Waals surface area contributed by atoms with Gasteiger partial charge in [0, 0.05) is 7.05 Å². The molecular formula is C10H16N2O7. The first kappa shape index (κ1) is 16.7. The fourth-order valence-electron chi connectivity index (χ4n) is 1.23. The third-order valence-corrected chi connectivity index (χ3v) is 1.92. The maximum atomic E-state index is 11.8. The molecule has 0 aliphatic heterocycles. The van der Waals surface area contributed by atoms with Crippen molar-refractivity contribution in [1.29, 1.82) is 0 Å². The molecular weight excluding hydrogens is 260 g/mol. The third-order valence-electron chi connectivity index (χ3n) is 1.92. The quantitative estimate of drug-likeness (QED) is 0.575. The van der Waals surface area contributed by atoms with Crippen LogP contribution < -0.4 is 0 Å². The highest BCUT2D eigenvalue weighted by Crippen LogP contribution is 1.98. The fraction of sp³-hybridized carbons (Fsp3) is 0.600. The van der Waals surface area contributed by atoms with Crippen LogP contribution in [0.25, 0.3) is 0 Å². The van der Waals surface area contributed by atoms with Gasteiger partial charge in [0.05, 0.1) is 6.61 Å². The maximum absolute atomic E-state index is 11.8. The van der Waals surface area contributed by atoms with Crippen molar-refractivity contribution in [2.45, 2.75) is 6.92 Å². The van der Waals surface area contributed by atoms with E-state index in [-0.39, 0.29) is 13.2 Å². The monoisotopic (exact) mass is 276 g/mol. The molecule has 0 fully saturated rings. The largest absolute Gasteiger partial charge is 0.480 e. The summed E-state index contributed by atoms with van der Waals surface area (Å²) in [5, 5.41) is 17.2. The Bertz CT molecular complexity index is 353. The molecule has 0 rings (SSSR count). The number of nitrogens with zero attached hydrogens (tertiary/aromatic N) is 2. The first-order chi connectivity index (χ1) is 8.77. The highest BCUT2D eigenvalue weighted by Gasteiger charge is 2.24. The molecule has 19 heavy (non-hydrogen) atoms. The van der Waals surface area contributed by atoms with Crippen LogP contribution in [-0.4, -0.2) is 77.2 Å². The van der Waals surface area contributed by atoms with Gasteiger partial charge in [0.2, 0.25) is 0 Å². The number of ether oxygens (including phenoxy) is 1. The molecule has 0 heterocycles. The molecule has 9 nitrogen and oxygen atoms in total. The number of urea groups is 1. The van der Waals surface area contributed by atoms with Gasteiger partial charge in [0.1, 0.15) is 19.6 Å². The number of aliphatic carboxylic acids is 2. The lowest BCUT2D eigenvalue weighted by Crippen LogP contribution is -2.47. The number of rotatable bonds is 7. The molecule has 0 spiro atoms. The van der Waals surface area contributed by atoms with Crippen molar-refractivity contribution >= 4 is 23.9 Å². The van der Waals surface area contributed by atoms with E-state index in [2.05, 4.69) is 4.74 Å². The summed E-state index contributed by atoms with van der Waals surface area (Å²) in [6, 6.07) is -0.877. The van der Waals surface area contributed by atoms with Gasteiger partial charge in [-0.25, -0.2) is 4.79 Å². The molecule has 0 radical (unpaired) electrons. The smallest absolute Gasteiger partial charge is 0.325 e. The van der Waals surface area contributed by atoms with Gasteiger partial charge >= 0.3 is 23.9 Å². The minimum absolute atomic E-state index is 0.148. The van der Waals surface area contributed by atoms with E-state index in [1.165, 1.54) is 7.05 Å². The summed E-state index contributed by atoms with van der Waals surface area (Å²) in [5.74, 6) is -3.36. The zero-order valence-electron chi connectivity index (χ0n) is 10.7. The van der Waals surface area contributed by atoms with E-state index in [4.69, 9.17) is 10.2 Å². The normalized spacial score (nSPS) is 9.58. The second-order valence-corrected chi connectivity index (χ2v) is 3.59. The first-order valence-electron chi connectivity index (χ1n) is 5.37. The lowest BCUT2D eigenvalue weighted by Gasteiger charge is -2.24. The molecule has 0 aliphatic carbocycles. The van der Waals surface area contributed by atoms with Crippen molar-refractivity contribution in [3.8, 4) is 0 Å². The molecule has 0 atom stereocenters. The Morgan fingerprint density at radius 1 is 1.00 bits per heavy atom. The number of carbonyl (C=O) groups excluding carboxylic acids is 2. The van der Waals surface area contributed by atoms with Gasteiger partial charge in [0.25, 0.3) is 0 Å². The van der Waals surface area contributed by atoms with Crippen LogP contribution in [0.1, 0.15) is 6.92 Å². The average molecular weight is 276 g/mol. The van der Waals surface area contributed by atoms with Crippen LogP contribution in [0.3, 0.4) is 0 Å². The first-order valence-corrected chi connectivity index (χ1v) is 5.37. The van der Waals surface area contributed by atoms with E-state index < -0.39 is 37.0 Å². The van der Waals surface area contributed by atoms with Crippen LogP contribution >= 0.6 is 0 Å². The van der Waals surface area contributed by atoms with E-state index in [0.717, 1.165) is 4.90 Å². The Balaban J connectivity index is 4.63. The van der Waals surface area contributed by atoms with Gasteiger partial charge < -0.3 is 24.7 Å². The maximum Gasteiger partial charge on any atom is 0.325 e. The lowest BCUT2D eigenvalue weighted by molar-refractivity contribution is -0.143. The molecule has 0 aromatic carbocycles. The van der Waals surface area contributed by atoms with Crippen LogP contribution in [0.2, 0.25) is 0 Å². The van der Waals surface area contributed by atoms with Crippen LogP contribution in [0.5, 0.6) is 0 Å². The molecule has 108 valence electrons. The molecule has 2 amide bonds. The SMILES string of the molecule is CCOC(=O)CN(C)C(=O)N(CC(=O)O)CC(=O)O. The number of carboxylic acids is 2. The Kier molecular flexibility index (Phi) is 6.94. The molecule has 0 saturated heterocycles. The number of esters is 1. The molecule has 0 aromatic rings. The molecule has 0 aliphatic rings. The van der Waals surface area contributed by atoms with Gasteiger partial charge in [-0.3, -0.25) is 14.4 Å². The zero-order chi connectivity index (χ0) is 15.0. The van der Waals surface area contributed by atoms with E-state index in [0.29, 0.717) is 4.90 Å². The number of hydrogen-bond acceptors (Lipinski definition) is 5. The van der Waals surface area contributed by atoms with Gasteiger partial charge in [0.15, 0.2) is 0 Å². The topological polar surface area (TPSA) is 124 Å². The van der Waals surface area contributed by atoms with Crippen LogP contribution in [-0.2, 0) is 19.1 Å². The lowest BCUT2D eigenvalue weighted by atomic mass is 10.4. The highest BCUT2D eigenvalue weighted by molar-refractivity contribution is 5.86. The minimum atomic E-state index is -1.35. The van der Waals surface area contributed by atoms with E-state index in [1.807, 2.05) is 0 Å². The summed E-state index contributed by atoms with van der Waals surface area (Å²) in [6.07, 6.45) is 0. The van der Waals surface area contributed by atoms with Gasteiger partial charge in [-0.2, -0.15) is 0 Å². The predicted octanol–water partition coefficient (Wildman–Crippen LogP) is -0.927. The Morgan fingerprint density at radius 2 is 1.47 bits per heavy atom. The van der Waals surface area contributed by atoms with Gasteiger partial charge in [-0.1, -0.05) is 0 Å². The number of carboxylic acid groups (broad SMARTS) is 2. The van der Waals surface area contributed by atoms with Crippen LogP contribution in [0, 0.1) is 0 Å². The second-order valence-electron chi connectivity index (χ2n) is 3.59. The van der Waals surface area contributed by atoms with Crippen molar-refractivity contribution < 1.29 is 34.1 Å². The van der Waals surface area contributed by atoms with Crippen molar-refractivity contribution in [3.05, 3.63) is 0 Å². The van der Waals surface area contributed by atoms with E-state index in [9.17, 15) is 19.2 Å². The standard InChI is InChI=1S/C10H16N2O7/c1-3-19-9(17)6-11(2)10(18)12(4-7(13)14)5-8(15)16/h3-6H2,1-2H3,(H,13,14)(H,15,16). The highest BCUT2D eigenvalue weighted by atomic mass is 16.5. The second kappa shape index (κ2) is 7.90. The Hall–Kier alpha value is -2.32. The molecule has 9 heteroatoms. The van der Waals surface area contributed by atoms with E-state index >= 15 is 0 Å². The van der Waals surface area contributed by atoms with Crippen LogP contribution in [0.15, 0.2) is 0 Å². The Morgan fingerprint density at radius 3 is 1.84 bits per heavy atom. The van der Waals surface area contributed by atoms with Crippen molar-refractivity contribution in [2.75, 3.05) is 33.3 Å². The van der Waals surface area contributed by atoms with Crippen molar-refractivity contribution in [3.63, 3.8) is 0 Å². The summed E-state index contributed by atoms with van der Waals surface area (Å²) >= 11 is 0. The summed E-state index contributed by atoms with van der Waals surface area (Å²) in [4.78, 5) is 45.5. The predicted molar refractivity (Wildman–Crippen MR) is 61.5 cm³/mol. The zero-order valence-corrected chi connectivity index (χ0v) is 10.7. The number of likely N-dealkylation sites (N-methyl/N-ethyl adjacent to an activating group) is 1. The fourth-order valence-corrected chi connectivity index (χ4v) is 1.23. The minimum Gasteiger partial charge on any atom is -0.480 e. The van der Waals surface area contributed by atoms with Crippen LogP contribution in [0.4, 0.5) is 4.79 Å². The van der Waals surface area contributed by atoms with Gasteiger partial charge in [-0.05, 0) is 6.92 Å². The average Bonchev–Trinajstić information content (AvgIpc) is 2.25. The van der Waals surface area contributed by atoms with E-state index in [1.54, 1.807) is 6.92 Å². The van der Waals surface area contributed by atoms with Gasteiger partial charge in [-0.15, -0.1) is 0 Å². The third kappa shape index (κ3) is 6.86. The molecule has 0 saturated carbocycles. The molecule has 2 N–H and O–H groups in total. The number of amides is 2. The molecule has 0 aromatic heterocycles. The summed E-state index contributed by atoms with van der Waals surface area (Å²) in [6.45, 7) is -0.172. The Labute approximate surface area is 109 Å². The van der Waals surface area contributed by atoms with Crippen molar-refractivity contribution in [1.82, 2.24) is 9.80 Å². The number of hydrogen-bond donors (Lipinski definition) is 2.